The molecule has 0 amide bonds. The van der Waals surface area contributed by atoms with Crippen LogP contribution in [0, 0.1) is 0 Å². The van der Waals surface area contributed by atoms with Crippen molar-refractivity contribution in [2.75, 3.05) is 27.4 Å². The van der Waals surface area contributed by atoms with Crippen molar-refractivity contribution in [3.05, 3.63) is 0 Å². The maximum absolute atomic E-state index is 5.30. The highest BCUT2D eigenvalue weighted by Gasteiger charge is 2.33. The Labute approximate surface area is 92.7 Å². The van der Waals surface area contributed by atoms with E-state index in [9.17, 15) is 0 Å². The molecule has 0 aliphatic heterocycles. The Morgan fingerprint density at radius 1 is 1.00 bits per heavy atom. The molecular formula is C11H24O2S. The van der Waals surface area contributed by atoms with Gasteiger partial charge in [-0.25, -0.2) is 0 Å². The van der Waals surface area contributed by atoms with Crippen LogP contribution in [0.3, 0.4) is 0 Å². The highest BCUT2D eigenvalue weighted by molar-refractivity contribution is 8.02. The summed E-state index contributed by atoms with van der Waals surface area (Å²) in [4.78, 5) is 0. The molecule has 0 N–H and O–H groups in total. The molecule has 2 nitrogen and oxygen atoms in total. The fourth-order valence-corrected chi connectivity index (χ4v) is 3.35. The van der Waals surface area contributed by atoms with Gasteiger partial charge in [0, 0.05) is 19.0 Å². The summed E-state index contributed by atoms with van der Waals surface area (Å²) in [6.07, 6.45) is 1.07. The molecule has 86 valence electrons. The topological polar surface area (TPSA) is 18.5 Å². The van der Waals surface area contributed by atoms with Crippen LogP contribution in [-0.2, 0) is 9.47 Å². The van der Waals surface area contributed by atoms with E-state index in [-0.39, 0.29) is 9.49 Å². The van der Waals surface area contributed by atoms with Gasteiger partial charge in [-0.2, -0.15) is 0 Å². The van der Waals surface area contributed by atoms with E-state index in [0.717, 1.165) is 19.6 Å². The molecule has 0 rings (SSSR count). The van der Waals surface area contributed by atoms with Crippen molar-refractivity contribution >= 4 is 11.8 Å². The molecular weight excluding hydrogens is 196 g/mol. The summed E-state index contributed by atoms with van der Waals surface area (Å²) < 4.78 is 10.9. The van der Waals surface area contributed by atoms with E-state index in [1.165, 1.54) is 0 Å². The molecule has 0 spiro atoms. The van der Waals surface area contributed by atoms with Crippen LogP contribution in [0.1, 0.15) is 34.1 Å². The van der Waals surface area contributed by atoms with E-state index < -0.39 is 0 Å². The number of hydrogen-bond donors (Lipinski definition) is 0. The molecule has 0 saturated carbocycles. The van der Waals surface area contributed by atoms with Gasteiger partial charge < -0.3 is 9.47 Å². The van der Waals surface area contributed by atoms with Crippen LogP contribution in [0.4, 0.5) is 0 Å². The first kappa shape index (κ1) is 14.3. The molecule has 0 unspecified atom stereocenters. The number of methoxy groups -OCH3 is 2. The largest absolute Gasteiger partial charge is 0.383 e. The van der Waals surface area contributed by atoms with Gasteiger partial charge in [0.25, 0.3) is 0 Å². The zero-order valence-corrected chi connectivity index (χ0v) is 11.2. The molecule has 0 saturated heterocycles. The fourth-order valence-electron chi connectivity index (χ4n) is 1.55. The van der Waals surface area contributed by atoms with Gasteiger partial charge in [0.1, 0.15) is 0 Å². The summed E-state index contributed by atoms with van der Waals surface area (Å²) in [5.41, 5.74) is 0. The Bertz CT molecular complexity index is 146. The van der Waals surface area contributed by atoms with E-state index in [2.05, 4.69) is 27.7 Å². The molecule has 0 aliphatic rings. The summed E-state index contributed by atoms with van der Waals surface area (Å²) >= 11 is 1.95. The third-order valence-corrected chi connectivity index (χ3v) is 3.55. The highest BCUT2D eigenvalue weighted by atomic mass is 32.2. The fraction of sp³-hybridized carbons (Fsp3) is 1.00. The van der Waals surface area contributed by atoms with Gasteiger partial charge >= 0.3 is 0 Å². The van der Waals surface area contributed by atoms with Crippen molar-refractivity contribution < 1.29 is 9.47 Å². The average Bonchev–Trinajstić information content (AvgIpc) is 2.02. The Morgan fingerprint density at radius 2 is 1.43 bits per heavy atom. The summed E-state index contributed by atoms with van der Waals surface area (Å²) in [6, 6.07) is 0. The first-order valence-electron chi connectivity index (χ1n) is 5.07. The monoisotopic (exact) mass is 220 g/mol. The predicted molar refractivity (Wildman–Crippen MR) is 64.1 cm³/mol. The van der Waals surface area contributed by atoms with Crippen LogP contribution in [0.2, 0.25) is 0 Å². The number of hydrogen-bond acceptors (Lipinski definition) is 3. The minimum absolute atomic E-state index is 0.0990. The lowest BCUT2D eigenvalue weighted by Gasteiger charge is -2.36. The van der Waals surface area contributed by atoms with Crippen LogP contribution in [0.25, 0.3) is 0 Å². The molecule has 0 aliphatic carbocycles. The molecule has 0 bridgehead atoms. The molecule has 14 heavy (non-hydrogen) atoms. The lowest BCUT2D eigenvalue weighted by Crippen LogP contribution is -2.38. The summed E-state index contributed by atoms with van der Waals surface area (Å²) in [5.74, 6) is 0. The van der Waals surface area contributed by atoms with Gasteiger partial charge in [-0.05, 0) is 6.42 Å². The molecule has 0 heterocycles. The predicted octanol–water partition coefficient (Wildman–Crippen LogP) is 2.96. The first-order valence-corrected chi connectivity index (χ1v) is 5.89. The highest BCUT2D eigenvalue weighted by Crippen LogP contribution is 2.39. The SMILES string of the molecule is CCC(COC)(COC)SC(C)(C)C. The second-order valence-corrected chi connectivity index (χ2v) is 6.91. The summed E-state index contributed by atoms with van der Waals surface area (Å²) in [5, 5.41) is 0. The maximum atomic E-state index is 5.30. The molecule has 0 atom stereocenters. The minimum Gasteiger partial charge on any atom is -0.383 e. The first-order chi connectivity index (χ1) is 6.39. The average molecular weight is 220 g/mol. The maximum Gasteiger partial charge on any atom is 0.0631 e. The van der Waals surface area contributed by atoms with Gasteiger partial charge in [0.05, 0.1) is 18.0 Å². The standard InChI is InChI=1S/C11H24O2S/c1-7-11(8-12-5,9-13-6)14-10(2,3)4/h7-9H2,1-6H3. The lowest BCUT2D eigenvalue weighted by molar-refractivity contribution is 0.100. The van der Waals surface area contributed by atoms with Crippen molar-refractivity contribution in [2.45, 2.75) is 43.6 Å². The zero-order valence-electron chi connectivity index (χ0n) is 10.3. The third kappa shape index (κ3) is 5.23. The van der Waals surface area contributed by atoms with Gasteiger partial charge in [0.15, 0.2) is 0 Å². The molecule has 0 aromatic heterocycles. The van der Waals surface area contributed by atoms with Crippen LogP contribution in [0.15, 0.2) is 0 Å². The number of ether oxygens (including phenoxy) is 2. The number of thioether (sulfide) groups is 1. The quantitative estimate of drug-likeness (QED) is 0.685. The Hall–Kier alpha value is 0.270. The second-order valence-electron chi connectivity index (χ2n) is 4.62. The molecule has 0 fully saturated rings. The van der Waals surface area contributed by atoms with Crippen molar-refractivity contribution in [1.82, 2.24) is 0 Å². The van der Waals surface area contributed by atoms with Crippen LogP contribution >= 0.6 is 11.8 Å². The Kier molecular flexibility index (Phi) is 6.10. The van der Waals surface area contributed by atoms with Gasteiger partial charge in [0.2, 0.25) is 0 Å². The van der Waals surface area contributed by atoms with Crippen molar-refractivity contribution in [3.8, 4) is 0 Å². The second kappa shape index (κ2) is 5.99. The molecule has 0 aromatic rings. The van der Waals surface area contributed by atoms with Crippen molar-refractivity contribution in [2.24, 2.45) is 0 Å². The summed E-state index contributed by atoms with van der Waals surface area (Å²) in [6.45, 7) is 10.4. The molecule has 0 radical (unpaired) electrons. The van der Waals surface area contributed by atoms with E-state index >= 15 is 0 Å². The Balaban J connectivity index is 4.48. The Morgan fingerprint density at radius 3 is 1.64 bits per heavy atom. The van der Waals surface area contributed by atoms with Crippen molar-refractivity contribution in [1.29, 1.82) is 0 Å². The minimum atomic E-state index is 0.0990. The van der Waals surface area contributed by atoms with Crippen LogP contribution in [-0.4, -0.2) is 36.9 Å². The van der Waals surface area contributed by atoms with E-state index in [4.69, 9.17) is 9.47 Å². The van der Waals surface area contributed by atoms with E-state index in [1.807, 2.05) is 11.8 Å². The van der Waals surface area contributed by atoms with Crippen LogP contribution in [0.5, 0.6) is 0 Å². The zero-order chi connectivity index (χ0) is 11.2. The third-order valence-electron chi connectivity index (χ3n) is 1.98. The molecule has 0 aromatic carbocycles. The van der Waals surface area contributed by atoms with E-state index in [0.29, 0.717) is 0 Å². The smallest absolute Gasteiger partial charge is 0.0631 e. The molecule has 3 heteroatoms. The van der Waals surface area contributed by atoms with Crippen LogP contribution < -0.4 is 0 Å². The van der Waals surface area contributed by atoms with Gasteiger partial charge in [-0.1, -0.05) is 27.7 Å². The van der Waals surface area contributed by atoms with Crippen molar-refractivity contribution in [3.63, 3.8) is 0 Å². The number of rotatable bonds is 6. The van der Waals surface area contributed by atoms with Gasteiger partial charge in [-0.3, -0.25) is 0 Å². The van der Waals surface area contributed by atoms with E-state index in [1.54, 1.807) is 14.2 Å². The summed E-state index contributed by atoms with van der Waals surface area (Å²) in [7, 11) is 3.51. The lowest BCUT2D eigenvalue weighted by atomic mass is 10.1. The normalized spacial score (nSPS) is 13.3. The van der Waals surface area contributed by atoms with Gasteiger partial charge in [-0.15, -0.1) is 11.8 Å².